The van der Waals surface area contributed by atoms with Gasteiger partial charge in [0.15, 0.2) is 0 Å². The maximum absolute atomic E-state index is 4.03. The molecule has 0 amide bonds. The maximum atomic E-state index is 4.03. The molecule has 4 heteroatoms. The Morgan fingerprint density at radius 2 is 2.12 bits per heavy atom. The summed E-state index contributed by atoms with van der Waals surface area (Å²) in [4.78, 5) is 0. The number of benzene rings is 1. The van der Waals surface area contributed by atoms with Crippen LogP contribution in [-0.2, 0) is 20.0 Å². The van der Waals surface area contributed by atoms with Crippen LogP contribution in [0.1, 0.15) is 16.8 Å². The Labute approximate surface area is 102 Å². The van der Waals surface area contributed by atoms with E-state index >= 15 is 0 Å². The molecular weight excluding hydrogens is 212 g/mol. The Kier molecular flexibility index (Phi) is 3.88. The standard InChI is InChI=1S/C13H18N4/c1-11-5-3-4-6-12(11)7-8-14-9-13-10-17(2)16-15-13/h3-6,10,14H,7-9H2,1-2H3. The molecule has 1 aromatic carbocycles. The Hall–Kier alpha value is -1.68. The van der Waals surface area contributed by atoms with Crippen LogP contribution in [0.3, 0.4) is 0 Å². The van der Waals surface area contributed by atoms with E-state index in [0.29, 0.717) is 0 Å². The summed E-state index contributed by atoms with van der Waals surface area (Å²) in [6.45, 7) is 3.89. The molecule has 0 bridgehead atoms. The van der Waals surface area contributed by atoms with E-state index in [2.05, 4.69) is 46.8 Å². The molecule has 2 rings (SSSR count). The van der Waals surface area contributed by atoms with Crippen molar-refractivity contribution >= 4 is 0 Å². The number of nitrogens with one attached hydrogen (secondary N) is 1. The van der Waals surface area contributed by atoms with Crippen LogP contribution in [0.5, 0.6) is 0 Å². The summed E-state index contributed by atoms with van der Waals surface area (Å²) < 4.78 is 1.72. The highest BCUT2D eigenvalue weighted by molar-refractivity contribution is 5.25. The van der Waals surface area contributed by atoms with Gasteiger partial charge in [0.1, 0.15) is 0 Å². The van der Waals surface area contributed by atoms with Crippen LogP contribution < -0.4 is 5.32 Å². The zero-order valence-corrected chi connectivity index (χ0v) is 10.3. The summed E-state index contributed by atoms with van der Waals surface area (Å²) in [5.41, 5.74) is 3.74. The minimum Gasteiger partial charge on any atom is -0.311 e. The lowest BCUT2D eigenvalue weighted by Crippen LogP contribution is -2.17. The average Bonchev–Trinajstić information content (AvgIpc) is 2.73. The van der Waals surface area contributed by atoms with E-state index in [1.54, 1.807) is 4.68 Å². The molecule has 0 aliphatic heterocycles. The van der Waals surface area contributed by atoms with Gasteiger partial charge in [-0.25, -0.2) is 0 Å². The van der Waals surface area contributed by atoms with Crippen LogP contribution in [0.2, 0.25) is 0 Å². The van der Waals surface area contributed by atoms with Crippen molar-refractivity contribution in [2.45, 2.75) is 19.9 Å². The van der Waals surface area contributed by atoms with Crippen molar-refractivity contribution in [2.24, 2.45) is 7.05 Å². The number of nitrogens with zero attached hydrogens (tertiary/aromatic N) is 3. The third-order valence-electron chi connectivity index (χ3n) is 2.79. The summed E-state index contributed by atoms with van der Waals surface area (Å²) >= 11 is 0. The average molecular weight is 230 g/mol. The van der Waals surface area contributed by atoms with Gasteiger partial charge in [0.25, 0.3) is 0 Å². The first-order valence-electron chi connectivity index (χ1n) is 5.86. The van der Waals surface area contributed by atoms with Crippen molar-refractivity contribution in [3.05, 3.63) is 47.3 Å². The lowest BCUT2D eigenvalue weighted by molar-refractivity contribution is 0.669. The molecular formula is C13H18N4. The van der Waals surface area contributed by atoms with Crippen molar-refractivity contribution in [3.63, 3.8) is 0 Å². The minimum absolute atomic E-state index is 0.778. The summed E-state index contributed by atoms with van der Waals surface area (Å²) in [6.07, 6.45) is 2.98. The number of hydrogen-bond donors (Lipinski definition) is 1. The van der Waals surface area contributed by atoms with Gasteiger partial charge in [0.2, 0.25) is 0 Å². The fourth-order valence-electron chi connectivity index (χ4n) is 1.81. The van der Waals surface area contributed by atoms with Gasteiger partial charge in [0.05, 0.1) is 5.69 Å². The first kappa shape index (κ1) is 11.8. The zero-order chi connectivity index (χ0) is 12.1. The molecule has 2 aromatic rings. The summed E-state index contributed by atoms with van der Waals surface area (Å²) in [5.74, 6) is 0. The Morgan fingerprint density at radius 1 is 1.29 bits per heavy atom. The highest BCUT2D eigenvalue weighted by Gasteiger charge is 1.99. The van der Waals surface area contributed by atoms with Crippen molar-refractivity contribution in [1.29, 1.82) is 0 Å². The smallest absolute Gasteiger partial charge is 0.0964 e. The minimum atomic E-state index is 0.778. The van der Waals surface area contributed by atoms with E-state index in [-0.39, 0.29) is 0 Å². The van der Waals surface area contributed by atoms with Crippen LogP contribution >= 0.6 is 0 Å². The van der Waals surface area contributed by atoms with Crippen molar-refractivity contribution in [3.8, 4) is 0 Å². The van der Waals surface area contributed by atoms with E-state index in [9.17, 15) is 0 Å². The summed E-state index contributed by atoms with van der Waals surface area (Å²) in [7, 11) is 1.88. The van der Waals surface area contributed by atoms with Gasteiger partial charge >= 0.3 is 0 Å². The normalized spacial score (nSPS) is 10.7. The second kappa shape index (κ2) is 5.59. The predicted molar refractivity (Wildman–Crippen MR) is 67.6 cm³/mol. The van der Waals surface area contributed by atoms with Crippen molar-refractivity contribution < 1.29 is 0 Å². The van der Waals surface area contributed by atoms with E-state index < -0.39 is 0 Å². The molecule has 0 unspecified atom stereocenters. The van der Waals surface area contributed by atoms with Gasteiger partial charge in [-0.05, 0) is 31.0 Å². The van der Waals surface area contributed by atoms with Crippen LogP contribution in [-0.4, -0.2) is 21.5 Å². The fraction of sp³-hybridized carbons (Fsp3) is 0.385. The van der Waals surface area contributed by atoms with Crippen LogP contribution in [0, 0.1) is 6.92 Å². The molecule has 1 heterocycles. The molecule has 0 spiro atoms. The molecule has 0 fully saturated rings. The maximum Gasteiger partial charge on any atom is 0.0964 e. The number of hydrogen-bond acceptors (Lipinski definition) is 3. The zero-order valence-electron chi connectivity index (χ0n) is 10.3. The van der Waals surface area contributed by atoms with Crippen LogP contribution in [0.15, 0.2) is 30.5 Å². The second-order valence-corrected chi connectivity index (χ2v) is 4.24. The molecule has 0 saturated heterocycles. The SMILES string of the molecule is Cc1ccccc1CCNCc1cn(C)nn1. The molecule has 0 aliphatic carbocycles. The largest absolute Gasteiger partial charge is 0.311 e. The molecule has 1 aromatic heterocycles. The predicted octanol–water partition coefficient (Wildman–Crippen LogP) is 1.46. The van der Waals surface area contributed by atoms with Gasteiger partial charge in [0, 0.05) is 19.8 Å². The molecule has 17 heavy (non-hydrogen) atoms. The van der Waals surface area contributed by atoms with E-state index in [1.807, 2.05) is 13.2 Å². The third-order valence-corrected chi connectivity index (χ3v) is 2.79. The number of rotatable bonds is 5. The van der Waals surface area contributed by atoms with Gasteiger partial charge in [-0.1, -0.05) is 29.5 Å². The lowest BCUT2D eigenvalue weighted by Gasteiger charge is -2.05. The summed E-state index contributed by atoms with van der Waals surface area (Å²) in [6, 6.07) is 8.49. The molecule has 0 atom stereocenters. The van der Waals surface area contributed by atoms with E-state index in [0.717, 1.165) is 25.2 Å². The van der Waals surface area contributed by atoms with Gasteiger partial charge in [-0.2, -0.15) is 0 Å². The molecule has 0 aliphatic rings. The summed E-state index contributed by atoms with van der Waals surface area (Å²) in [5, 5.41) is 11.3. The Balaban J connectivity index is 1.75. The molecule has 90 valence electrons. The number of aryl methyl sites for hydroxylation is 2. The quantitative estimate of drug-likeness (QED) is 0.791. The van der Waals surface area contributed by atoms with E-state index in [1.165, 1.54) is 11.1 Å². The highest BCUT2D eigenvalue weighted by Crippen LogP contribution is 2.06. The van der Waals surface area contributed by atoms with Gasteiger partial charge in [-0.15, -0.1) is 5.10 Å². The molecule has 4 nitrogen and oxygen atoms in total. The Bertz CT molecular complexity index is 476. The third kappa shape index (κ3) is 3.39. The molecule has 0 radical (unpaired) electrons. The molecule has 0 saturated carbocycles. The second-order valence-electron chi connectivity index (χ2n) is 4.24. The first-order valence-corrected chi connectivity index (χ1v) is 5.86. The first-order chi connectivity index (χ1) is 8.25. The van der Waals surface area contributed by atoms with E-state index in [4.69, 9.17) is 0 Å². The monoisotopic (exact) mass is 230 g/mol. The fourth-order valence-corrected chi connectivity index (χ4v) is 1.81. The molecule has 1 N–H and O–H groups in total. The van der Waals surface area contributed by atoms with Gasteiger partial charge in [-0.3, -0.25) is 4.68 Å². The van der Waals surface area contributed by atoms with Crippen molar-refractivity contribution in [1.82, 2.24) is 20.3 Å². The van der Waals surface area contributed by atoms with Crippen LogP contribution in [0.25, 0.3) is 0 Å². The highest BCUT2D eigenvalue weighted by atomic mass is 15.4. The Morgan fingerprint density at radius 3 is 2.82 bits per heavy atom. The van der Waals surface area contributed by atoms with Crippen LogP contribution in [0.4, 0.5) is 0 Å². The van der Waals surface area contributed by atoms with Gasteiger partial charge < -0.3 is 5.32 Å². The lowest BCUT2D eigenvalue weighted by atomic mass is 10.1. The van der Waals surface area contributed by atoms with Crippen molar-refractivity contribution in [2.75, 3.05) is 6.54 Å². The topological polar surface area (TPSA) is 42.7 Å². The number of aromatic nitrogens is 3.